The molecule has 0 aliphatic heterocycles. The van der Waals surface area contributed by atoms with Crippen LogP contribution in [0.5, 0.6) is 0 Å². The Bertz CT molecular complexity index is 242. The van der Waals surface area contributed by atoms with Gasteiger partial charge in [-0.05, 0) is 21.1 Å². The second-order valence-electron chi connectivity index (χ2n) is 3.28. The van der Waals surface area contributed by atoms with E-state index in [2.05, 4.69) is 25.4 Å². The highest BCUT2D eigenvalue weighted by Crippen LogP contribution is 1.94. The molecule has 0 amide bonds. The van der Waals surface area contributed by atoms with Crippen LogP contribution in [0.1, 0.15) is 11.6 Å². The number of hydrogen-bond donors (Lipinski definition) is 2. The van der Waals surface area contributed by atoms with Gasteiger partial charge in [-0.25, -0.2) is 4.98 Å². The molecule has 0 bridgehead atoms. The first-order chi connectivity index (χ1) is 6.22. The second kappa shape index (κ2) is 4.94. The zero-order valence-corrected chi connectivity index (χ0v) is 8.46. The molecule has 0 radical (unpaired) electrons. The summed E-state index contributed by atoms with van der Waals surface area (Å²) in [7, 11) is 5.98. The predicted octanol–water partition coefficient (Wildman–Crippen LogP) is -0.372. The van der Waals surface area contributed by atoms with Gasteiger partial charge < -0.3 is 10.2 Å². The molecule has 1 aromatic heterocycles. The van der Waals surface area contributed by atoms with E-state index in [0.29, 0.717) is 0 Å². The summed E-state index contributed by atoms with van der Waals surface area (Å²) in [6.07, 6.45) is 0.896. The van der Waals surface area contributed by atoms with Crippen molar-refractivity contribution in [3.05, 3.63) is 11.6 Å². The van der Waals surface area contributed by atoms with Crippen molar-refractivity contribution in [3.63, 3.8) is 0 Å². The van der Waals surface area contributed by atoms with E-state index < -0.39 is 0 Å². The first kappa shape index (κ1) is 10.1. The van der Waals surface area contributed by atoms with Gasteiger partial charge in [-0.2, -0.15) is 5.10 Å². The summed E-state index contributed by atoms with van der Waals surface area (Å²) < 4.78 is 0. The number of nitrogens with one attached hydrogen (secondary N) is 2. The third kappa shape index (κ3) is 3.52. The molecule has 0 spiro atoms. The fourth-order valence-electron chi connectivity index (χ4n) is 1.02. The number of nitrogens with zero attached hydrogens (tertiary/aromatic N) is 3. The first-order valence-corrected chi connectivity index (χ1v) is 4.42. The molecular formula is C8H17N5. The van der Waals surface area contributed by atoms with Crippen LogP contribution in [0.2, 0.25) is 0 Å². The summed E-state index contributed by atoms with van der Waals surface area (Å²) in [6, 6.07) is 0. The van der Waals surface area contributed by atoms with E-state index in [9.17, 15) is 0 Å². The van der Waals surface area contributed by atoms with E-state index in [1.807, 2.05) is 21.1 Å². The van der Waals surface area contributed by atoms with Crippen LogP contribution in [0.4, 0.5) is 0 Å². The highest BCUT2D eigenvalue weighted by Gasteiger charge is 2.01. The lowest BCUT2D eigenvalue weighted by molar-refractivity contribution is 0.409. The molecule has 0 fully saturated rings. The highest BCUT2D eigenvalue weighted by molar-refractivity contribution is 4.90. The Morgan fingerprint density at radius 2 is 2.23 bits per heavy atom. The fourth-order valence-corrected chi connectivity index (χ4v) is 1.02. The average molecular weight is 183 g/mol. The third-order valence-electron chi connectivity index (χ3n) is 1.70. The van der Waals surface area contributed by atoms with Crippen molar-refractivity contribution in [1.82, 2.24) is 25.4 Å². The van der Waals surface area contributed by atoms with Crippen LogP contribution in [0.25, 0.3) is 0 Å². The summed E-state index contributed by atoms with van der Waals surface area (Å²) in [5, 5.41) is 10.0. The van der Waals surface area contributed by atoms with Gasteiger partial charge in [0.1, 0.15) is 5.82 Å². The number of H-pyrrole nitrogens is 1. The zero-order valence-electron chi connectivity index (χ0n) is 8.46. The minimum Gasteiger partial charge on any atom is -0.313 e. The standard InChI is InChI=1S/C8H17N5/c1-9-6-8-10-7(11-12-8)4-5-13(2)3/h9H,4-6H2,1-3H3,(H,10,11,12). The smallest absolute Gasteiger partial charge is 0.152 e. The van der Waals surface area contributed by atoms with Gasteiger partial charge in [-0.1, -0.05) is 0 Å². The Hall–Kier alpha value is -0.940. The van der Waals surface area contributed by atoms with E-state index >= 15 is 0 Å². The quantitative estimate of drug-likeness (QED) is 0.654. The maximum absolute atomic E-state index is 4.32. The van der Waals surface area contributed by atoms with E-state index in [-0.39, 0.29) is 0 Å². The number of aromatic amines is 1. The van der Waals surface area contributed by atoms with E-state index in [1.165, 1.54) is 0 Å². The Labute approximate surface area is 78.5 Å². The van der Waals surface area contributed by atoms with Gasteiger partial charge in [0.25, 0.3) is 0 Å². The van der Waals surface area contributed by atoms with E-state index in [0.717, 1.165) is 31.2 Å². The lowest BCUT2D eigenvalue weighted by Gasteiger charge is -2.05. The van der Waals surface area contributed by atoms with Gasteiger partial charge in [0, 0.05) is 13.0 Å². The maximum Gasteiger partial charge on any atom is 0.152 e. The average Bonchev–Trinajstić information content (AvgIpc) is 2.50. The molecule has 0 unspecified atom stereocenters. The molecule has 1 aromatic rings. The molecule has 2 N–H and O–H groups in total. The molecule has 5 nitrogen and oxygen atoms in total. The topological polar surface area (TPSA) is 56.8 Å². The van der Waals surface area contributed by atoms with Crippen molar-refractivity contribution in [1.29, 1.82) is 0 Å². The van der Waals surface area contributed by atoms with Gasteiger partial charge in [0.15, 0.2) is 5.82 Å². The number of rotatable bonds is 5. The summed E-state index contributed by atoms with van der Waals surface area (Å²) in [4.78, 5) is 6.44. The maximum atomic E-state index is 4.32. The van der Waals surface area contributed by atoms with Crippen LogP contribution in [-0.4, -0.2) is 47.8 Å². The summed E-state index contributed by atoms with van der Waals surface area (Å²) in [5.74, 6) is 1.79. The van der Waals surface area contributed by atoms with Crippen molar-refractivity contribution in [2.45, 2.75) is 13.0 Å². The molecule has 0 aliphatic carbocycles. The van der Waals surface area contributed by atoms with Crippen molar-refractivity contribution >= 4 is 0 Å². The number of likely N-dealkylation sites (N-methyl/N-ethyl adjacent to an activating group) is 1. The minimum absolute atomic E-state index is 0.745. The van der Waals surface area contributed by atoms with Gasteiger partial charge in [-0.3, -0.25) is 5.10 Å². The summed E-state index contributed by atoms with van der Waals surface area (Å²) in [5.41, 5.74) is 0. The van der Waals surface area contributed by atoms with Gasteiger partial charge in [-0.15, -0.1) is 0 Å². The number of aromatic nitrogens is 3. The van der Waals surface area contributed by atoms with Gasteiger partial charge in [0.05, 0.1) is 6.54 Å². The summed E-state index contributed by atoms with van der Waals surface area (Å²) in [6.45, 7) is 1.73. The van der Waals surface area contributed by atoms with Crippen LogP contribution >= 0.6 is 0 Å². The molecule has 0 atom stereocenters. The van der Waals surface area contributed by atoms with Crippen LogP contribution < -0.4 is 5.32 Å². The fraction of sp³-hybridized carbons (Fsp3) is 0.750. The van der Waals surface area contributed by atoms with E-state index in [1.54, 1.807) is 0 Å². The molecule has 0 aliphatic rings. The number of hydrogen-bond acceptors (Lipinski definition) is 4. The molecular weight excluding hydrogens is 166 g/mol. The van der Waals surface area contributed by atoms with Crippen LogP contribution in [0.15, 0.2) is 0 Å². The highest BCUT2D eigenvalue weighted by atomic mass is 15.2. The lowest BCUT2D eigenvalue weighted by atomic mass is 10.4. The van der Waals surface area contributed by atoms with Gasteiger partial charge in [0.2, 0.25) is 0 Å². The molecule has 13 heavy (non-hydrogen) atoms. The molecule has 74 valence electrons. The van der Waals surface area contributed by atoms with Crippen molar-refractivity contribution in [3.8, 4) is 0 Å². The molecule has 1 rings (SSSR count). The molecule has 0 saturated carbocycles. The summed E-state index contributed by atoms with van der Waals surface area (Å²) >= 11 is 0. The molecule has 5 heteroatoms. The normalized spacial score (nSPS) is 11.1. The third-order valence-corrected chi connectivity index (χ3v) is 1.70. The minimum atomic E-state index is 0.745. The monoisotopic (exact) mass is 183 g/mol. The predicted molar refractivity (Wildman–Crippen MR) is 51.4 cm³/mol. The van der Waals surface area contributed by atoms with Crippen LogP contribution in [0, 0.1) is 0 Å². The Morgan fingerprint density at radius 3 is 2.85 bits per heavy atom. The second-order valence-corrected chi connectivity index (χ2v) is 3.28. The van der Waals surface area contributed by atoms with Gasteiger partial charge >= 0.3 is 0 Å². The molecule has 1 heterocycles. The van der Waals surface area contributed by atoms with Crippen molar-refractivity contribution in [2.24, 2.45) is 0 Å². The van der Waals surface area contributed by atoms with Crippen molar-refractivity contribution < 1.29 is 0 Å². The molecule has 0 aromatic carbocycles. The van der Waals surface area contributed by atoms with Crippen LogP contribution in [0.3, 0.4) is 0 Å². The zero-order chi connectivity index (χ0) is 9.68. The molecule has 0 saturated heterocycles. The van der Waals surface area contributed by atoms with Crippen LogP contribution in [-0.2, 0) is 13.0 Å². The Kier molecular flexibility index (Phi) is 3.85. The van der Waals surface area contributed by atoms with E-state index in [4.69, 9.17) is 0 Å². The lowest BCUT2D eigenvalue weighted by Crippen LogP contribution is -2.15. The van der Waals surface area contributed by atoms with Crippen molar-refractivity contribution in [2.75, 3.05) is 27.7 Å². The Morgan fingerprint density at radius 1 is 1.46 bits per heavy atom. The largest absolute Gasteiger partial charge is 0.313 e. The SMILES string of the molecule is CNCc1nc(CCN(C)C)n[nH]1. The first-order valence-electron chi connectivity index (χ1n) is 4.42. The Balaban J connectivity index is 2.39.